The van der Waals surface area contributed by atoms with E-state index in [2.05, 4.69) is 10.6 Å². The summed E-state index contributed by atoms with van der Waals surface area (Å²) in [6.45, 7) is 4.73. The highest BCUT2D eigenvalue weighted by Gasteiger charge is 2.49. The topological polar surface area (TPSA) is 98.8 Å². The van der Waals surface area contributed by atoms with Crippen LogP contribution < -0.4 is 10.6 Å². The number of carbonyl (C=O) groups is 4. The summed E-state index contributed by atoms with van der Waals surface area (Å²) in [6, 6.07) is 13.9. The van der Waals surface area contributed by atoms with Gasteiger partial charge >= 0.3 is 6.03 Å². The van der Waals surface area contributed by atoms with Crippen LogP contribution in [0.25, 0.3) is 0 Å². The van der Waals surface area contributed by atoms with Crippen LogP contribution in [-0.2, 0) is 19.9 Å². The van der Waals surface area contributed by atoms with Crippen molar-refractivity contribution < 1.29 is 19.2 Å². The summed E-state index contributed by atoms with van der Waals surface area (Å²) < 4.78 is 0. The van der Waals surface area contributed by atoms with Crippen molar-refractivity contribution in [2.75, 3.05) is 25.5 Å². The number of likely N-dealkylation sites (N-methyl/N-ethyl adjacent to an activating group) is 1. The summed E-state index contributed by atoms with van der Waals surface area (Å²) in [6.07, 6.45) is 0. The lowest BCUT2D eigenvalue weighted by molar-refractivity contribution is -0.139. The van der Waals surface area contributed by atoms with Crippen LogP contribution in [0.5, 0.6) is 0 Å². The molecule has 2 aromatic carbocycles. The lowest BCUT2D eigenvalue weighted by atomic mass is 9.92. The number of nitrogens with one attached hydrogen (secondary N) is 2. The van der Waals surface area contributed by atoms with Gasteiger partial charge in [0.25, 0.3) is 5.91 Å². The van der Waals surface area contributed by atoms with Crippen molar-refractivity contribution in [2.45, 2.75) is 26.3 Å². The van der Waals surface area contributed by atoms with Gasteiger partial charge in [0, 0.05) is 12.7 Å². The van der Waals surface area contributed by atoms with E-state index in [1.807, 2.05) is 38.1 Å². The van der Waals surface area contributed by atoms with E-state index < -0.39 is 29.9 Å². The zero-order valence-corrected chi connectivity index (χ0v) is 18.1. The molecule has 0 saturated carbocycles. The molecule has 1 heterocycles. The van der Waals surface area contributed by atoms with Crippen molar-refractivity contribution in [3.8, 4) is 0 Å². The Hall–Kier alpha value is -3.68. The lowest BCUT2D eigenvalue weighted by Crippen LogP contribution is -2.45. The second kappa shape index (κ2) is 8.59. The summed E-state index contributed by atoms with van der Waals surface area (Å²) in [5, 5.41) is 5.48. The number of benzene rings is 2. The predicted molar refractivity (Wildman–Crippen MR) is 116 cm³/mol. The van der Waals surface area contributed by atoms with E-state index in [-0.39, 0.29) is 12.5 Å². The summed E-state index contributed by atoms with van der Waals surface area (Å²) in [7, 11) is 1.46. The maximum atomic E-state index is 12.9. The second-order valence-corrected chi connectivity index (χ2v) is 7.88. The molecule has 2 aromatic rings. The molecule has 1 aliphatic heterocycles. The quantitative estimate of drug-likeness (QED) is 0.697. The minimum absolute atomic E-state index is 0.202. The van der Waals surface area contributed by atoms with Crippen molar-refractivity contribution in [3.63, 3.8) is 0 Å². The van der Waals surface area contributed by atoms with E-state index in [0.29, 0.717) is 11.3 Å². The number of aryl methyl sites for hydroxylation is 2. The van der Waals surface area contributed by atoms with Gasteiger partial charge in [-0.3, -0.25) is 19.3 Å². The van der Waals surface area contributed by atoms with Crippen molar-refractivity contribution in [1.82, 2.24) is 15.1 Å². The number of urea groups is 1. The molecule has 2 N–H and O–H groups in total. The van der Waals surface area contributed by atoms with E-state index in [0.717, 1.165) is 16.0 Å². The minimum Gasteiger partial charge on any atom is -0.335 e. The molecule has 31 heavy (non-hydrogen) atoms. The molecular formula is C23H26N4O4. The summed E-state index contributed by atoms with van der Waals surface area (Å²) in [5.41, 5.74) is 1.94. The molecule has 8 nitrogen and oxygen atoms in total. The van der Waals surface area contributed by atoms with E-state index in [1.54, 1.807) is 31.2 Å². The molecule has 0 unspecified atom stereocenters. The Morgan fingerprint density at radius 3 is 2.26 bits per heavy atom. The van der Waals surface area contributed by atoms with Crippen LogP contribution in [0.2, 0.25) is 0 Å². The Kier molecular flexibility index (Phi) is 6.10. The van der Waals surface area contributed by atoms with Gasteiger partial charge in [-0.25, -0.2) is 4.79 Å². The highest BCUT2D eigenvalue weighted by Crippen LogP contribution is 2.28. The van der Waals surface area contributed by atoms with Gasteiger partial charge in [0.2, 0.25) is 11.8 Å². The Morgan fingerprint density at radius 1 is 1.03 bits per heavy atom. The molecule has 162 valence electrons. The summed E-state index contributed by atoms with van der Waals surface area (Å²) in [5.74, 6) is -1.39. The summed E-state index contributed by atoms with van der Waals surface area (Å²) >= 11 is 0. The largest absolute Gasteiger partial charge is 0.335 e. The average molecular weight is 422 g/mol. The number of hydrogen-bond donors (Lipinski definition) is 2. The maximum Gasteiger partial charge on any atom is 0.325 e. The number of hydrogen-bond acceptors (Lipinski definition) is 4. The number of nitrogens with zero attached hydrogens (tertiary/aromatic N) is 2. The smallest absolute Gasteiger partial charge is 0.325 e. The Morgan fingerprint density at radius 2 is 1.65 bits per heavy atom. The zero-order chi connectivity index (χ0) is 22.8. The molecule has 8 heteroatoms. The molecule has 1 saturated heterocycles. The van der Waals surface area contributed by atoms with Gasteiger partial charge in [0.15, 0.2) is 0 Å². The first-order chi connectivity index (χ1) is 14.6. The van der Waals surface area contributed by atoms with Crippen LogP contribution in [0, 0.1) is 13.8 Å². The molecule has 0 bridgehead atoms. The molecule has 3 rings (SSSR count). The maximum absolute atomic E-state index is 12.9. The van der Waals surface area contributed by atoms with E-state index in [4.69, 9.17) is 0 Å². The number of imide groups is 1. The number of para-hydroxylation sites is 1. The monoisotopic (exact) mass is 422 g/mol. The third-order valence-electron chi connectivity index (χ3n) is 5.47. The second-order valence-electron chi connectivity index (χ2n) is 7.88. The predicted octanol–water partition coefficient (Wildman–Crippen LogP) is 2.17. The minimum atomic E-state index is -1.24. The number of rotatable bonds is 6. The van der Waals surface area contributed by atoms with E-state index in [1.165, 1.54) is 11.9 Å². The fourth-order valence-electron chi connectivity index (χ4n) is 3.56. The number of anilines is 1. The average Bonchev–Trinajstić information content (AvgIpc) is 2.95. The molecule has 1 fully saturated rings. The first-order valence-corrected chi connectivity index (χ1v) is 9.93. The van der Waals surface area contributed by atoms with Crippen LogP contribution in [0.3, 0.4) is 0 Å². The Balaban J connectivity index is 1.63. The molecule has 0 radical (unpaired) electrons. The lowest BCUT2D eigenvalue weighted by Gasteiger charge is -2.23. The van der Waals surface area contributed by atoms with Gasteiger partial charge in [-0.05, 0) is 37.5 Å². The van der Waals surface area contributed by atoms with Crippen LogP contribution in [0.15, 0.2) is 48.5 Å². The molecule has 0 aromatic heterocycles. The first-order valence-electron chi connectivity index (χ1n) is 9.93. The van der Waals surface area contributed by atoms with Crippen molar-refractivity contribution >= 4 is 29.4 Å². The molecule has 5 amide bonds. The van der Waals surface area contributed by atoms with E-state index in [9.17, 15) is 19.2 Å². The highest BCUT2D eigenvalue weighted by molar-refractivity contribution is 6.09. The molecule has 0 spiro atoms. The van der Waals surface area contributed by atoms with Crippen LogP contribution >= 0.6 is 0 Å². The van der Waals surface area contributed by atoms with Crippen molar-refractivity contribution in [2.24, 2.45) is 0 Å². The molecule has 0 aliphatic carbocycles. The first kappa shape index (κ1) is 22.0. The third kappa shape index (κ3) is 4.42. The normalized spacial score (nSPS) is 18.0. The van der Waals surface area contributed by atoms with E-state index >= 15 is 0 Å². The highest BCUT2D eigenvalue weighted by atomic mass is 16.2. The standard InChI is InChI=1S/C23H26N4O4/c1-15-9-8-10-16(2)20(15)24-18(28)13-26(4)19(29)14-27-21(30)23(3,25-22(27)31)17-11-6-5-7-12-17/h5-12H,13-14H2,1-4H3,(H,24,28)(H,25,31)/t23-/m0/s1. The Bertz CT molecular complexity index is 1020. The number of carbonyl (C=O) groups excluding carboxylic acids is 4. The third-order valence-corrected chi connectivity index (χ3v) is 5.47. The van der Waals surface area contributed by atoms with Gasteiger partial charge in [-0.2, -0.15) is 0 Å². The SMILES string of the molecule is Cc1cccc(C)c1NC(=O)CN(C)C(=O)CN1C(=O)N[C@@](C)(c2ccccc2)C1=O. The fourth-order valence-corrected chi connectivity index (χ4v) is 3.56. The van der Waals surface area contributed by atoms with Gasteiger partial charge in [-0.1, -0.05) is 48.5 Å². The zero-order valence-electron chi connectivity index (χ0n) is 18.1. The Labute approximate surface area is 181 Å². The van der Waals surface area contributed by atoms with Crippen molar-refractivity contribution in [1.29, 1.82) is 0 Å². The van der Waals surface area contributed by atoms with Gasteiger partial charge in [0.1, 0.15) is 12.1 Å². The molecular weight excluding hydrogens is 396 g/mol. The molecule has 1 atom stereocenters. The van der Waals surface area contributed by atoms with Crippen LogP contribution in [0.4, 0.5) is 10.5 Å². The molecule has 1 aliphatic rings. The van der Waals surface area contributed by atoms with Gasteiger partial charge in [0.05, 0.1) is 6.54 Å². The summed E-state index contributed by atoms with van der Waals surface area (Å²) in [4.78, 5) is 52.5. The van der Waals surface area contributed by atoms with Crippen molar-refractivity contribution in [3.05, 3.63) is 65.2 Å². The van der Waals surface area contributed by atoms with Crippen LogP contribution in [0.1, 0.15) is 23.6 Å². The number of amides is 5. The van der Waals surface area contributed by atoms with Gasteiger partial charge < -0.3 is 15.5 Å². The fraction of sp³-hybridized carbons (Fsp3) is 0.304. The van der Waals surface area contributed by atoms with Crippen LogP contribution in [-0.4, -0.2) is 53.7 Å². The van der Waals surface area contributed by atoms with Gasteiger partial charge in [-0.15, -0.1) is 0 Å².